The highest BCUT2D eigenvalue weighted by molar-refractivity contribution is 6.28. The summed E-state index contributed by atoms with van der Waals surface area (Å²) in [6, 6.07) is 0. The highest BCUT2D eigenvalue weighted by Gasteiger charge is 2.09. The number of H-pyrrole nitrogens is 2. The van der Waals surface area contributed by atoms with Crippen LogP contribution in [0.4, 0.5) is 5.82 Å². The van der Waals surface area contributed by atoms with Crippen molar-refractivity contribution in [3.8, 4) is 11.5 Å². The van der Waals surface area contributed by atoms with Crippen LogP contribution in [0.15, 0.2) is 6.33 Å². The van der Waals surface area contributed by atoms with Crippen molar-refractivity contribution in [2.45, 2.75) is 0 Å². The Balaban J connectivity index is 0.000000845. The van der Waals surface area contributed by atoms with Crippen LogP contribution in [-0.2, 0) is 0 Å². The SMILES string of the molecule is Cl.Nc1nc(Cl)[nH]c1-c1ncn[nH]1. The summed E-state index contributed by atoms with van der Waals surface area (Å²) in [5.41, 5.74) is 6.07. The number of aromatic amines is 2. The van der Waals surface area contributed by atoms with Crippen molar-refractivity contribution >= 4 is 29.8 Å². The molecule has 2 heterocycles. The smallest absolute Gasteiger partial charge is 0.202 e. The van der Waals surface area contributed by atoms with Crippen molar-refractivity contribution in [3.05, 3.63) is 11.6 Å². The van der Waals surface area contributed by atoms with E-state index in [0.717, 1.165) is 0 Å². The average molecular weight is 221 g/mol. The van der Waals surface area contributed by atoms with E-state index in [4.69, 9.17) is 17.3 Å². The van der Waals surface area contributed by atoms with Crippen LogP contribution in [0.25, 0.3) is 11.5 Å². The van der Waals surface area contributed by atoms with Gasteiger partial charge in [0.05, 0.1) is 0 Å². The summed E-state index contributed by atoms with van der Waals surface area (Å²) in [4.78, 5) is 10.4. The zero-order chi connectivity index (χ0) is 8.55. The number of hydrogen-bond donors (Lipinski definition) is 3. The molecule has 8 heteroatoms. The highest BCUT2D eigenvalue weighted by atomic mass is 35.5. The van der Waals surface area contributed by atoms with Crippen LogP contribution in [0.2, 0.25) is 5.28 Å². The van der Waals surface area contributed by atoms with E-state index >= 15 is 0 Å². The Bertz CT molecular complexity index is 380. The number of halogens is 2. The van der Waals surface area contributed by atoms with Crippen molar-refractivity contribution < 1.29 is 0 Å². The molecule has 0 saturated carbocycles. The lowest BCUT2D eigenvalue weighted by molar-refractivity contribution is 1.09. The first-order valence-electron chi connectivity index (χ1n) is 3.14. The summed E-state index contributed by atoms with van der Waals surface area (Å²) >= 11 is 5.57. The van der Waals surface area contributed by atoms with Gasteiger partial charge in [0.1, 0.15) is 12.0 Å². The molecule has 2 aromatic rings. The summed E-state index contributed by atoms with van der Waals surface area (Å²) in [5, 5.41) is 6.54. The van der Waals surface area contributed by atoms with Crippen molar-refractivity contribution in [1.82, 2.24) is 25.1 Å². The van der Waals surface area contributed by atoms with Crippen LogP contribution in [0.1, 0.15) is 0 Å². The molecule has 6 nitrogen and oxygen atoms in total. The Morgan fingerprint density at radius 2 is 2.23 bits per heavy atom. The van der Waals surface area contributed by atoms with E-state index < -0.39 is 0 Å². The predicted octanol–water partition coefficient (Wildman–Crippen LogP) is 0.852. The monoisotopic (exact) mass is 220 g/mol. The second kappa shape index (κ2) is 3.63. The molecular weight excluding hydrogens is 215 g/mol. The summed E-state index contributed by atoms with van der Waals surface area (Å²) < 4.78 is 0. The first-order valence-corrected chi connectivity index (χ1v) is 3.52. The van der Waals surface area contributed by atoms with Gasteiger partial charge in [-0.1, -0.05) is 0 Å². The summed E-state index contributed by atoms with van der Waals surface area (Å²) in [7, 11) is 0. The summed E-state index contributed by atoms with van der Waals surface area (Å²) in [5.74, 6) is 0.823. The number of nitrogens with two attached hydrogens (primary N) is 1. The number of nitrogen functional groups attached to an aromatic ring is 1. The van der Waals surface area contributed by atoms with Crippen LogP contribution in [0.3, 0.4) is 0 Å². The Morgan fingerprint density at radius 3 is 2.69 bits per heavy atom. The van der Waals surface area contributed by atoms with Gasteiger partial charge in [-0.2, -0.15) is 5.10 Å². The topological polar surface area (TPSA) is 96.3 Å². The lowest BCUT2D eigenvalue weighted by Crippen LogP contribution is -1.89. The fraction of sp³-hybridized carbons (Fsp3) is 0. The van der Waals surface area contributed by atoms with Gasteiger partial charge in [-0.15, -0.1) is 12.4 Å². The zero-order valence-electron chi connectivity index (χ0n) is 6.28. The van der Waals surface area contributed by atoms with Crippen LogP contribution in [-0.4, -0.2) is 25.1 Å². The molecule has 4 N–H and O–H groups in total. The largest absolute Gasteiger partial charge is 0.382 e. The minimum atomic E-state index is 0. The minimum absolute atomic E-state index is 0. The molecule has 0 radical (unpaired) electrons. The van der Waals surface area contributed by atoms with Crippen LogP contribution in [0, 0.1) is 0 Å². The van der Waals surface area contributed by atoms with Gasteiger partial charge < -0.3 is 10.7 Å². The van der Waals surface area contributed by atoms with Gasteiger partial charge in [-0.3, -0.25) is 5.10 Å². The van der Waals surface area contributed by atoms with Crippen LogP contribution < -0.4 is 5.73 Å². The van der Waals surface area contributed by atoms with Crippen molar-refractivity contribution in [2.75, 3.05) is 5.73 Å². The predicted molar refractivity (Wildman–Crippen MR) is 50.6 cm³/mol. The molecule has 70 valence electrons. The third-order valence-corrected chi connectivity index (χ3v) is 1.53. The third-order valence-electron chi connectivity index (χ3n) is 1.35. The molecule has 0 aromatic carbocycles. The van der Waals surface area contributed by atoms with Crippen LogP contribution in [0.5, 0.6) is 0 Å². The Hall–Kier alpha value is -1.27. The van der Waals surface area contributed by atoms with Gasteiger partial charge in [0.25, 0.3) is 0 Å². The maximum Gasteiger partial charge on any atom is 0.202 e. The van der Waals surface area contributed by atoms with Gasteiger partial charge in [0, 0.05) is 0 Å². The molecule has 2 aromatic heterocycles. The third kappa shape index (κ3) is 1.73. The first kappa shape index (κ1) is 9.82. The number of rotatable bonds is 1. The Morgan fingerprint density at radius 1 is 1.46 bits per heavy atom. The van der Waals surface area contributed by atoms with Gasteiger partial charge in [-0.25, -0.2) is 9.97 Å². The lowest BCUT2D eigenvalue weighted by Gasteiger charge is -1.89. The zero-order valence-corrected chi connectivity index (χ0v) is 7.85. The summed E-state index contributed by atoms with van der Waals surface area (Å²) in [6.45, 7) is 0. The van der Waals surface area contributed by atoms with E-state index in [-0.39, 0.29) is 17.7 Å². The van der Waals surface area contributed by atoms with Crippen molar-refractivity contribution in [2.24, 2.45) is 0 Å². The standard InChI is InChI=1S/C5H5ClN6.ClH/c6-5-10-2(3(7)11-5)4-8-1-9-12-4;/h1H,7H2,(H,10,11)(H,8,9,12);1H. The molecule has 2 rings (SSSR count). The second-order valence-electron chi connectivity index (χ2n) is 2.12. The lowest BCUT2D eigenvalue weighted by atomic mass is 10.4. The second-order valence-corrected chi connectivity index (χ2v) is 2.48. The van der Waals surface area contributed by atoms with Crippen LogP contribution >= 0.6 is 24.0 Å². The molecule has 0 fully saturated rings. The van der Waals surface area contributed by atoms with Gasteiger partial charge in [-0.05, 0) is 11.6 Å². The van der Waals surface area contributed by atoms with Crippen molar-refractivity contribution in [3.63, 3.8) is 0 Å². The molecule has 0 aliphatic carbocycles. The number of nitrogens with one attached hydrogen (secondary N) is 2. The van der Waals surface area contributed by atoms with Gasteiger partial charge in [0.2, 0.25) is 5.28 Å². The maximum atomic E-state index is 5.57. The minimum Gasteiger partial charge on any atom is -0.382 e. The molecule has 13 heavy (non-hydrogen) atoms. The normalized spacial score (nSPS) is 9.62. The van der Waals surface area contributed by atoms with E-state index in [0.29, 0.717) is 17.3 Å². The number of nitrogens with zero attached hydrogens (tertiary/aromatic N) is 3. The van der Waals surface area contributed by atoms with E-state index in [1.54, 1.807) is 0 Å². The summed E-state index contributed by atoms with van der Waals surface area (Å²) in [6.07, 6.45) is 1.38. The number of imidazole rings is 1. The Labute approximate surface area is 84.3 Å². The molecule has 0 bridgehead atoms. The van der Waals surface area contributed by atoms with E-state index in [1.165, 1.54) is 6.33 Å². The molecule has 0 spiro atoms. The molecule has 0 saturated heterocycles. The van der Waals surface area contributed by atoms with E-state index in [2.05, 4.69) is 25.1 Å². The quantitative estimate of drug-likeness (QED) is 0.664. The van der Waals surface area contributed by atoms with Gasteiger partial charge >= 0.3 is 0 Å². The maximum absolute atomic E-state index is 5.57. The van der Waals surface area contributed by atoms with Gasteiger partial charge in [0.15, 0.2) is 11.6 Å². The molecule has 0 aliphatic heterocycles. The fourth-order valence-corrected chi connectivity index (χ4v) is 1.05. The first-order chi connectivity index (χ1) is 5.77. The number of anilines is 1. The fourth-order valence-electron chi connectivity index (χ4n) is 0.863. The highest BCUT2D eigenvalue weighted by Crippen LogP contribution is 2.20. The van der Waals surface area contributed by atoms with E-state index in [1.807, 2.05) is 0 Å². The van der Waals surface area contributed by atoms with Crippen molar-refractivity contribution in [1.29, 1.82) is 0 Å². The molecule has 0 aliphatic rings. The number of aromatic nitrogens is 5. The molecular formula is C5H6Cl2N6. The molecule has 0 unspecified atom stereocenters. The van der Waals surface area contributed by atoms with E-state index in [9.17, 15) is 0 Å². The average Bonchev–Trinajstić information content (AvgIpc) is 2.58. The molecule has 0 atom stereocenters. The number of hydrogen-bond acceptors (Lipinski definition) is 4. The molecule has 0 amide bonds. The Kier molecular flexibility index (Phi) is 2.74.